The van der Waals surface area contributed by atoms with Gasteiger partial charge in [0.1, 0.15) is 11.6 Å². The average molecular weight is 388 g/mol. The van der Waals surface area contributed by atoms with Crippen LogP contribution in [0.25, 0.3) is 16.7 Å². The lowest BCUT2D eigenvalue weighted by atomic mass is 10.2. The number of imidazole rings is 1. The van der Waals surface area contributed by atoms with Crippen molar-refractivity contribution in [2.24, 2.45) is 0 Å². The van der Waals surface area contributed by atoms with Crippen molar-refractivity contribution in [3.63, 3.8) is 0 Å². The highest BCUT2D eigenvalue weighted by Gasteiger charge is 2.15. The topological polar surface area (TPSA) is 17.8 Å². The predicted molar refractivity (Wildman–Crippen MR) is 88.2 cm³/mol. The number of rotatable bonds is 3. The molecule has 0 aliphatic heterocycles. The van der Waals surface area contributed by atoms with Gasteiger partial charge in [-0.3, -0.25) is 4.57 Å². The Labute approximate surface area is 139 Å². The zero-order valence-electron chi connectivity index (χ0n) is 10.8. The van der Waals surface area contributed by atoms with Gasteiger partial charge in [-0.05, 0) is 46.3 Å². The van der Waals surface area contributed by atoms with Crippen molar-refractivity contribution in [2.45, 2.75) is 6.42 Å². The van der Waals surface area contributed by atoms with Crippen LogP contribution in [0.4, 0.5) is 4.39 Å². The van der Waals surface area contributed by atoms with Crippen LogP contribution in [-0.4, -0.2) is 15.4 Å². The third kappa shape index (κ3) is 2.80. The molecule has 1 heterocycles. The summed E-state index contributed by atoms with van der Waals surface area (Å²) in [5.74, 6) is 0.921. The first-order chi connectivity index (χ1) is 10.1. The van der Waals surface area contributed by atoms with Crippen LogP contribution in [0.2, 0.25) is 5.02 Å². The molecule has 0 aliphatic rings. The highest BCUT2D eigenvalue weighted by Crippen LogP contribution is 2.30. The first-order valence-corrected chi connectivity index (χ1v) is 7.99. The molecule has 3 rings (SSSR count). The molecule has 6 heteroatoms. The number of benzene rings is 2. The Morgan fingerprint density at radius 1 is 1.19 bits per heavy atom. The van der Waals surface area contributed by atoms with Gasteiger partial charge in [0.25, 0.3) is 0 Å². The van der Waals surface area contributed by atoms with Crippen molar-refractivity contribution in [1.82, 2.24) is 9.55 Å². The number of nitrogens with zero attached hydrogens (tertiary/aromatic N) is 2. The third-order valence-corrected chi connectivity index (χ3v) is 4.21. The number of halogens is 4. The molecule has 0 saturated heterocycles. The van der Waals surface area contributed by atoms with Crippen molar-refractivity contribution in [3.05, 3.63) is 57.5 Å². The summed E-state index contributed by atoms with van der Waals surface area (Å²) < 4.78 is 16.2. The molecule has 0 spiro atoms. The van der Waals surface area contributed by atoms with E-state index in [-0.39, 0.29) is 5.82 Å². The Morgan fingerprint density at radius 3 is 2.71 bits per heavy atom. The van der Waals surface area contributed by atoms with E-state index in [4.69, 9.17) is 23.2 Å². The summed E-state index contributed by atoms with van der Waals surface area (Å²) >= 11 is 15.4. The highest BCUT2D eigenvalue weighted by molar-refractivity contribution is 9.10. The number of hydrogen-bond donors (Lipinski definition) is 0. The molecule has 0 bridgehead atoms. The first-order valence-electron chi connectivity index (χ1n) is 6.28. The Bertz CT molecular complexity index is 817. The second-order valence-corrected chi connectivity index (χ2v) is 6.20. The number of alkyl halides is 1. The molecule has 21 heavy (non-hydrogen) atoms. The Hall–Kier alpha value is -1.10. The van der Waals surface area contributed by atoms with Gasteiger partial charge in [0.2, 0.25) is 0 Å². The van der Waals surface area contributed by atoms with Crippen molar-refractivity contribution in [3.8, 4) is 5.69 Å². The molecule has 108 valence electrons. The molecule has 0 atom stereocenters. The standard InChI is InChI=1S/C15H10BrCl2FN2/c16-11-7-9(18)1-3-13(11)21-14-4-2-10(19)8-12(14)20-15(21)5-6-17/h1-4,7-8H,5-6H2. The largest absolute Gasteiger partial charge is 0.295 e. The van der Waals surface area contributed by atoms with Crippen molar-refractivity contribution >= 4 is 50.2 Å². The van der Waals surface area contributed by atoms with Gasteiger partial charge >= 0.3 is 0 Å². The van der Waals surface area contributed by atoms with Gasteiger partial charge in [0, 0.05) is 27.9 Å². The van der Waals surface area contributed by atoms with Crippen LogP contribution >= 0.6 is 39.1 Å². The normalized spacial score (nSPS) is 11.2. The summed E-state index contributed by atoms with van der Waals surface area (Å²) in [7, 11) is 0. The minimum Gasteiger partial charge on any atom is -0.295 e. The van der Waals surface area contributed by atoms with Gasteiger partial charge in [-0.25, -0.2) is 9.37 Å². The molecule has 0 aliphatic carbocycles. The molecule has 0 amide bonds. The zero-order valence-corrected chi connectivity index (χ0v) is 13.9. The second-order valence-electron chi connectivity index (χ2n) is 4.53. The van der Waals surface area contributed by atoms with E-state index in [1.54, 1.807) is 6.07 Å². The third-order valence-electron chi connectivity index (χ3n) is 3.15. The van der Waals surface area contributed by atoms with Gasteiger partial charge in [0.15, 0.2) is 0 Å². The Morgan fingerprint density at radius 2 is 2.00 bits per heavy atom. The monoisotopic (exact) mass is 386 g/mol. The lowest BCUT2D eigenvalue weighted by molar-refractivity contribution is 0.629. The van der Waals surface area contributed by atoms with Crippen molar-refractivity contribution in [1.29, 1.82) is 0 Å². The molecular weight excluding hydrogens is 378 g/mol. The molecule has 3 aromatic rings. The fourth-order valence-electron chi connectivity index (χ4n) is 2.29. The molecule has 0 unspecified atom stereocenters. The quantitative estimate of drug-likeness (QED) is 0.553. The van der Waals surface area contributed by atoms with E-state index in [0.717, 1.165) is 21.5 Å². The highest BCUT2D eigenvalue weighted by atomic mass is 79.9. The maximum absolute atomic E-state index is 13.4. The maximum Gasteiger partial charge on any atom is 0.125 e. The number of fused-ring (bicyclic) bond motifs is 1. The summed E-state index contributed by atoms with van der Waals surface area (Å²) in [6, 6.07) is 10.1. The summed E-state index contributed by atoms with van der Waals surface area (Å²) in [5, 5.41) is 0.639. The fourth-order valence-corrected chi connectivity index (χ4v) is 3.32. The van der Waals surface area contributed by atoms with Gasteiger partial charge in [0.05, 0.1) is 16.7 Å². The summed E-state index contributed by atoms with van der Waals surface area (Å²) in [6.45, 7) is 0. The van der Waals surface area contributed by atoms with Gasteiger partial charge in [-0.2, -0.15) is 0 Å². The second kappa shape index (κ2) is 5.95. The van der Waals surface area contributed by atoms with E-state index in [0.29, 0.717) is 22.8 Å². The molecule has 0 N–H and O–H groups in total. The number of aromatic nitrogens is 2. The van der Waals surface area contributed by atoms with Crippen LogP contribution in [0.3, 0.4) is 0 Å². The molecule has 2 aromatic carbocycles. The lowest BCUT2D eigenvalue weighted by Crippen LogP contribution is -2.03. The van der Waals surface area contributed by atoms with Gasteiger partial charge in [-0.15, -0.1) is 11.6 Å². The molecule has 1 aromatic heterocycles. The SMILES string of the molecule is Fc1ccc2c(c1)nc(CCCl)n2-c1ccc(Cl)cc1Br. The van der Waals surface area contributed by atoms with Crippen LogP contribution in [0.1, 0.15) is 5.82 Å². The van der Waals surface area contributed by atoms with Crippen LogP contribution in [0.15, 0.2) is 40.9 Å². The number of hydrogen-bond acceptors (Lipinski definition) is 1. The van der Waals surface area contributed by atoms with E-state index in [1.165, 1.54) is 12.1 Å². The minimum atomic E-state index is -0.306. The molecular formula is C15H10BrCl2FN2. The van der Waals surface area contributed by atoms with Crippen LogP contribution < -0.4 is 0 Å². The van der Waals surface area contributed by atoms with Crippen LogP contribution in [0.5, 0.6) is 0 Å². The summed E-state index contributed by atoms with van der Waals surface area (Å²) in [4.78, 5) is 4.49. The lowest BCUT2D eigenvalue weighted by Gasteiger charge is -2.11. The van der Waals surface area contributed by atoms with Gasteiger partial charge in [-0.1, -0.05) is 11.6 Å². The zero-order chi connectivity index (χ0) is 15.0. The van der Waals surface area contributed by atoms with E-state index in [2.05, 4.69) is 20.9 Å². The molecule has 0 radical (unpaired) electrons. The van der Waals surface area contributed by atoms with E-state index >= 15 is 0 Å². The van der Waals surface area contributed by atoms with Gasteiger partial charge < -0.3 is 0 Å². The Balaban J connectivity index is 2.30. The van der Waals surface area contributed by atoms with Crippen molar-refractivity contribution in [2.75, 3.05) is 5.88 Å². The first kappa shape index (κ1) is 14.8. The summed E-state index contributed by atoms with van der Waals surface area (Å²) in [5.41, 5.74) is 2.34. The molecule has 2 nitrogen and oxygen atoms in total. The van der Waals surface area contributed by atoms with Crippen molar-refractivity contribution < 1.29 is 4.39 Å². The van der Waals surface area contributed by atoms with Crippen LogP contribution in [0, 0.1) is 5.82 Å². The van der Waals surface area contributed by atoms with E-state index in [1.807, 2.05) is 22.8 Å². The molecule has 0 fully saturated rings. The van der Waals surface area contributed by atoms with E-state index < -0.39 is 0 Å². The average Bonchev–Trinajstić information content (AvgIpc) is 2.76. The predicted octanol–water partition coefficient (Wildman–Crippen LogP) is 5.36. The van der Waals surface area contributed by atoms with E-state index in [9.17, 15) is 4.39 Å². The number of aryl methyl sites for hydroxylation is 1. The van der Waals surface area contributed by atoms with Crippen LogP contribution in [-0.2, 0) is 6.42 Å². The smallest absolute Gasteiger partial charge is 0.125 e. The maximum atomic E-state index is 13.4. The fraction of sp³-hybridized carbons (Fsp3) is 0.133. The summed E-state index contributed by atoms with van der Waals surface area (Å²) in [6.07, 6.45) is 0.590. The minimum absolute atomic E-state index is 0.306. The Kier molecular flexibility index (Phi) is 4.20. The molecule has 0 saturated carbocycles.